The van der Waals surface area contributed by atoms with Crippen molar-refractivity contribution in [2.24, 2.45) is 0 Å². The van der Waals surface area contributed by atoms with Crippen molar-refractivity contribution >= 4 is 10.1 Å². The van der Waals surface area contributed by atoms with Crippen molar-refractivity contribution in [2.75, 3.05) is 0 Å². The third-order valence-corrected chi connectivity index (χ3v) is 3.94. The topological polar surface area (TPSA) is 69.4 Å². The summed E-state index contributed by atoms with van der Waals surface area (Å²) in [4.78, 5) is -0.0110. The van der Waals surface area contributed by atoms with Crippen LogP contribution in [0.2, 0.25) is 0 Å². The van der Waals surface area contributed by atoms with Crippen LogP contribution in [0.25, 0.3) is 0 Å². The van der Waals surface area contributed by atoms with Crippen molar-refractivity contribution in [3.05, 3.63) is 41.3 Å². The van der Waals surface area contributed by atoms with Gasteiger partial charge in [-0.3, -0.25) is 0 Å². The van der Waals surface area contributed by atoms with E-state index in [9.17, 15) is 8.42 Å². The van der Waals surface area contributed by atoms with E-state index in [4.69, 9.17) is 8.71 Å². The minimum Gasteiger partial charge on any atom is -0.379 e. The van der Waals surface area contributed by atoms with Crippen LogP contribution in [0.5, 0.6) is 5.75 Å². The summed E-state index contributed by atoms with van der Waals surface area (Å²) in [7, 11) is -3.90. The van der Waals surface area contributed by atoms with Crippen molar-refractivity contribution in [1.29, 1.82) is 0 Å². The van der Waals surface area contributed by atoms with Crippen LogP contribution in [-0.4, -0.2) is 13.6 Å². The first-order chi connectivity index (χ1) is 8.40. The lowest BCUT2D eigenvalue weighted by atomic mass is 10.2. The van der Waals surface area contributed by atoms with E-state index in [1.54, 1.807) is 31.2 Å². The van der Waals surface area contributed by atoms with E-state index in [1.165, 1.54) is 6.92 Å². The number of aromatic nitrogens is 1. The largest absolute Gasteiger partial charge is 0.379 e. The zero-order chi connectivity index (χ0) is 13.3. The predicted octanol–water partition coefficient (Wildman–Crippen LogP) is 2.37. The first-order valence-corrected chi connectivity index (χ1v) is 6.75. The molecule has 1 heterocycles. The fraction of sp³-hybridized carbons (Fsp3) is 0.250. The molecule has 6 heteroatoms. The van der Waals surface area contributed by atoms with Gasteiger partial charge in [0.1, 0.15) is 11.4 Å². The third kappa shape index (κ3) is 2.38. The molecule has 2 rings (SSSR count). The van der Waals surface area contributed by atoms with Crippen molar-refractivity contribution in [2.45, 2.75) is 25.7 Å². The molecule has 0 aliphatic carbocycles. The molecule has 1 aromatic heterocycles. The number of benzene rings is 1. The molecule has 0 bridgehead atoms. The Kier molecular flexibility index (Phi) is 3.13. The number of hydrogen-bond acceptors (Lipinski definition) is 5. The first-order valence-electron chi connectivity index (χ1n) is 5.34. The van der Waals surface area contributed by atoms with Gasteiger partial charge < -0.3 is 8.71 Å². The zero-order valence-electron chi connectivity index (χ0n) is 10.3. The van der Waals surface area contributed by atoms with E-state index >= 15 is 0 Å². The summed E-state index contributed by atoms with van der Waals surface area (Å²) in [5, 5.41) is 3.60. The molecule has 0 aliphatic heterocycles. The van der Waals surface area contributed by atoms with Crippen LogP contribution in [0.1, 0.15) is 17.0 Å². The van der Waals surface area contributed by atoms with Crippen molar-refractivity contribution < 1.29 is 17.1 Å². The summed E-state index contributed by atoms with van der Waals surface area (Å²) in [5.74, 6) is 0.486. The molecular formula is C12H13NO4S. The Morgan fingerprint density at radius 1 is 1.11 bits per heavy atom. The van der Waals surface area contributed by atoms with Crippen molar-refractivity contribution in [3.8, 4) is 5.75 Å². The van der Waals surface area contributed by atoms with Gasteiger partial charge in [-0.25, -0.2) is 0 Å². The van der Waals surface area contributed by atoms with Gasteiger partial charge in [0, 0.05) is 0 Å². The van der Waals surface area contributed by atoms with Gasteiger partial charge in [0.25, 0.3) is 0 Å². The second-order valence-electron chi connectivity index (χ2n) is 4.00. The second kappa shape index (κ2) is 4.45. The molecule has 0 saturated carbocycles. The van der Waals surface area contributed by atoms with E-state index in [0.717, 1.165) is 5.56 Å². The van der Waals surface area contributed by atoms with E-state index in [2.05, 4.69) is 5.16 Å². The molecule has 0 amide bonds. The van der Waals surface area contributed by atoms with E-state index < -0.39 is 10.1 Å². The maximum Gasteiger partial charge on any atom is 0.344 e. The molecule has 0 saturated heterocycles. The number of aryl methyl sites for hydroxylation is 3. The molecule has 1 aromatic carbocycles. The van der Waals surface area contributed by atoms with Crippen LogP contribution in [0.15, 0.2) is 33.7 Å². The highest BCUT2D eigenvalue weighted by molar-refractivity contribution is 7.87. The van der Waals surface area contributed by atoms with Gasteiger partial charge in [-0.05, 0) is 32.9 Å². The van der Waals surface area contributed by atoms with Gasteiger partial charge in [-0.15, -0.1) is 0 Å². The summed E-state index contributed by atoms with van der Waals surface area (Å²) >= 11 is 0. The van der Waals surface area contributed by atoms with Gasteiger partial charge >= 0.3 is 10.1 Å². The molecule has 0 spiro atoms. The van der Waals surface area contributed by atoms with Gasteiger partial charge in [0.2, 0.25) is 0 Å². The Morgan fingerprint density at radius 2 is 1.72 bits per heavy atom. The lowest BCUT2D eigenvalue weighted by Crippen LogP contribution is -2.11. The normalized spacial score (nSPS) is 11.5. The Hall–Kier alpha value is -1.82. The van der Waals surface area contributed by atoms with E-state index in [1.807, 2.05) is 6.92 Å². The Bertz CT molecular complexity index is 636. The summed E-state index contributed by atoms with van der Waals surface area (Å²) in [6.45, 7) is 5.00. The first kappa shape index (κ1) is 12.6. The van der Waals surface area contributed by atoms with E-state index in [-0.39, 0.29) is 16.4 Å². The summed E-state index contributed by atoms with van der Waals surface area (Å²) in [6.07, 6.45) is 0. The number of hydrogen-bond donors (Lipinski definition) is 0. The predicted molar refractivity (Wildman–Crippen MR) is 65.0 cm³/mol. The summed E-state index contributed by atoms with van der Waals surface area (Å²) in [6, 6.07) is 6.76. The van der Waals surface area contributed by atoms with Crippen LogP contribution >= 0.6 is 0 Å². The fourth-order valence-electron chi connectivity index (χ4n) is 1.59. The summed E-state index contributed by atoms with van der Waals surface area (Å²) < 4.78 is 34.0. The fourth-order valence-corrected chi connectivity index (χ4v) is 2.83. The molecule has 2 aromatic rings. The molecule has 5 nitrogen and oxygen atoms in total. The monoisotopic (exact) mass is 267 g/mol. The van der Waals surface area contributed by atoms with Crippen LogP contribution in [-0.2, 0) is 10.1 Å². The second-order valence-corrected chi connectivity index (χ2v) is 5.49. The van der Waals surface area contributed by atoms with Crippen LogP contribution in [0.3, 0.4) is 0 Å². The van der Waals surface area contributed by atoms with Gasteiger partial charge in [-0.2, -0.15) is 8.42 Å². The Labute approximate surface area is 105 Å². The molecule has 0 atom stereocenters. The van der Waals surface area contributed by atoms with Gasteiger partial charge in [-0.1, -0.05) is 22.9 Å². The molecule has 18 heavy (non-hydrogen) atoms. The van der Waals surface area contributed by atoms with Crippen LogP contribution in [0, 0.1) is 20.8 Å². The molecule has 96 valence electrons. The quantitative estimate of drug-likeness (QED) is 0.798. The third-order valence-electron chi connectivity index (χ3n) is 2.44. The molecule has 0 N–H and O–H groups in total. The maximum absolute atomic E-state index is 12.1. The molecular weight excluding hydrogens is 254 g/mol. The lowest BCUT2D eigenvalue weighted by molar-refractivity contribution is 0.390. The molecule has 0 unspecified atom stereocenters. The minimum atomic E-state index is -3.90. The highest BCUT2D eigenvalue weighted by atomic mass is 32.2. The van der Waals surface area contributed by atoms with Gasteiger partial charge in [0.05, 0.1) is 0 Å². The average molecular weight is 267 g/mol. The smallest absolute Gasteiger partial charge is 0.344 e. The molecule has 0 aliphatic rings. The molecule has 0 radical (unpaired) electrons. The van der Waals surface area contributed by atoms with E-state index in [0.29, 0.717) is 5.69 Å². The van der Waals surface area contributed by atoms with Crippen LogP contribution in [0.4, 0.5) is 0 Å². The van der Waals surface area contributed by atoms with Crippen molar-refractivity contribution in [1.82, 2.24) is 5.16 Å². The highest BCUT2D eigenvalue weighted by Gasteiger charge is 2.26. The lowest BCUT2D eigenvalue weighted by Gasteiger charge is -2.06. The number of nitrogens with zero attached hydrogens (tertiary/aromatic N) is 1. The zero-order valence-corrected chi connectivity index (χ0v) is 11.1. The Balaban J connectivity index is 2.36. The number of rotatable bonds is 3. The average Bonchev–Trinajstić information content (AvgIpc) is 2.62. The SMILES string of the molecule is Cc1ccc(OS(=O)(=O)c2c(C)noc2C)cc1. The highest BCUT2D eigenvalue weighted by Crippen LogP contribution is 2.23. The summed E-state index contributed by atoms with van der Waals surface area (Å²) in [5.41, 5.74) is 1.32. The van der Waals surface area contributed by atoms with Crippen LogP contribution < -0.4 is 4.18 Å². The maximum atomic E-state index is 12.1. The Morgan fingerprint density at radius 3 is 2.22 bits per heavy atom. The van der Waals surface area contributed by atoms with Gasteiger partial charge in [0.15, 0.2) is 10.7 Å². The standard InChI is InChI=1S/C12H13NO4S/c1-8-4-6-11(7-5-8)17-18(14,15)12-9(2)13-16-10(12)3/h4-7H,1-3H3. The van der Waals surface area contributed by atoms with Crippen molar-refractivity contribution in [3.63, 3.8) is 0 Å². The molecule has 0 fully saturated rings. The minimum absolute atomic E-state index is 0.0110.